The molecular weight excluding hydrogens is 715 g/mol. The fourth-order valence-corrected chi connectivity index (χ4v) is 10.4. The Morgan fingerprint density at radius 1 is 1.12 bits per heavy atom. The number of hydrogen-bond acceptors (Lipinski definition) is 15. The number of primary amides is 1. The topological polar surface area (TPSA) is 236 Å². The van der Waals surface area contributed by atoms with Crippen molar-refractivity contribution in [3.8, 4) is 0 Å². The maximum atomic E-state index is 16.4. The second-order valence-electron chi connectivity index (χ2n) is 12.1. The van der Waals surface area contributed by atoms with E-state index < -0.39 is 73.7 Å². The van der Waals surface area contributed by atoms with Gasteiger partial charge in [-0.3, -0.25) is 22.9 Å². The molecule has 2 spiro atoms. The maximum absolute atomic E-state index is 16.4. The van der Waals surface area contributed by atoms with Crippen molar-refractivity contribution in [1.29, 1.82) is 0 Å². The third-order valence-electron chi connectivity index (χ3n) is 9.28. The molecule has 18 nitrogen and oxygen atoms in total. The first-order valence-electron chi connectivity index (χ1n) is 14.4. The predicted octanol–water partition coefficient (Wildman–Crippen LogP) is 2.00. The van der Waals surface area contributed by atoms with Gasteiger partial charge in [0.05, 0.1) is 17.4 Å². The van der Waals surface area contributed by atoms with Crippen molar-refractivity contribution < 1.29 is 46.2 Å². The summed E-state index contributed by atoms with van der Waals surface area (Å²) in [6, 6.07) is 4.71. The molecule has 3 aromatic heterocycles. The largest absolute Gasteiger partial charge is 0.387 e. The summed E-state index contributed by atoms with van der Waals surface area (Å²) in [7, 11) is 0. The number of rotatable bonds is 3. The molecule has 1 amide bonds. The summed E-state index contributed by atoms with van der Waals surface area (Å²) in [5.74, 6) is -0.644. The van der Waals surface area contributed by atoms with E-state index >= 15 is 4.39 Å². The summed E-state index contributed by atoms with van der Waals surface area (Å²) in [5.41, 5.74) is 9.87. The Morgan fingerprint density at radius 3 is 2.73 bits per heavy atom. The molecule has 6 heterocycles. The minimum absolute atomic E-state index is 0.0376. The zero-order valence-corrected chi connectivity index (χ0v) is 27.7. The van der Waals surface area contributed by atoms with Crippen LogP contribution in [0.2, 0.25) is 0 Å². The molecule has 5 unspecified atom stereocenters. The summed E-state index contributed by atoms with van der Waals surface area (Å²) < 4.78 is 69.3. The monoisotopic (exact) mass is 739 g/mol. The number of thiol groups is 1. The molecule has 4 aromatic rings. The predicted molar refractivity (Wildman–Crippen MR) is 167 cm³/mol. The summed E-state index contributed by atoms with van der Waals surface area (Å²) in [6.45, 7) is -4.43. The molecule has 3 aliphatic heterocycles. The molecule has 23 heteroatoms. The Balaban J connectivity index is 1.09. The lowest BCUT2D eigenvalue weighted by Crippen LogP contribution is -2.35. The smallest absolute Gasteiger partial charge is 0.382 e. The molecule has 2 aliphatic carbocycles. The van der Waals surface area contributed by atoms with E-state index in [2.05, 4.69) is 44.1 Å². The number of imidazole rings is 1. The minimum atomic E-state index is -4.33. The quantitative estimate of drug-likeness (QED) is 0.134. The lowest BCUT2D eigenvalue weighted by atomic mass is 10.1. The van der Waals surface area contributed by atoms with Gasteiger partial charge in [0.15, 0.2) is 30.1 Å². The molecule has 3 saturated heterocycles. The van der Waals surface area contributed by atoms with E-state index in [1.807, 2.05) is 0 Å². The number of halogens is 1. The van der Waals surface area contributed by atoms with Crippen LogP contribution in [0.3, 0.4) is 0 Å². The molecule has 11 atom stereocenters. The highest BCUT2D eigenvalue weighted by Gasteiger charge is 2.75. The van der Waals surface area contributed by atoms with Crippen LogP contribution >= 0.6 is 25.8 Å². The van der Waals surface area contributed by atoms with Crippen LogP contribution in [0.5, 0.6) is 0 Å². The average molecular weight is 740 g/mol. The zero-order chi connectivity index (χ0) is 33.5. The van der Waals surface area contributed by atoms with Crippen LogP contribution in [-0.2, 0) is 43.9 Å². The third-order valence-corrected chi connectivity index (χ3v) is 12.4. The van der Waals surface area contributed by atoms with Crippen LogP contribution < -0.4 is 11.5 Å². The number of anilines is 1. The van der Waals surface area contributed by atoms with E-state index in [4.69, 9.17) is 50.8 Å². The Bertz CT molecular complexity index is 2190. The highest BCUT2D eigenvalue weighted by Crippen LogP contribution is 2.71. The third kappa shape index (κ3) is 4.43. The number of alkyl halides is 1. The number of carbonyl (C=O) groups is 1. The molecule has 5 N–H and O–H groups in total. The Morgan fingerprint density at radius 2 is 1.94 bits per heavy atom. The number of carbonyl (C=O) groups excluding carboxylic acids is 1. The fraction of sp³-hybridized carbons (Fsp3) is 0.440. The van der Waals surface area contributed by atoms with Gasteiger partial charge in [-0.05, 0) is 29.5 Å². The Kier molecular flexibility index (Phi) is 6.52. The van der Waals surface area contributed by atoms with Crippen LogP contribution in [0.1, 0.15) is 35.7 Å². The van der Waals surface area contributed by atoms with Gasteiger partial charge in [-0.25, -0.2) is 28.6 Å². The maximum Gasteiger partial charge on any atom is 0.387 e. The number of ether oxygens (including phenoxy) is 2. The minimum Gasteiger partial charge on any atom is -0.382 e. The van der Waals surface area contributed by atoms with Gasteiger partial charge in [-0.2, -0.15) is 0 Å². The summed E-state index contributed by atoms with van der Waals surface area (Å²) in [6.07, 6.45) is -6.75. The lowest BCUT2D eigenvalue weighted by Gasteiger charge is -2.26. The van der Waals surface area contributed by atoms with Crippen molar-refractivity contribution in [3.05, 3.63) is 48.6 Å². The zero-order valence-electron chi connectivity index (χ0n) is 24.2. The number of benzene rings is 1. The van der Waals surface area contributed by atoms with Gasteiger partial charge in [-0.15, -0.1) is 5.10 Å². The van der Waals surface area contributed by atoms with Gasteiger partial charge in [-0.1, -0.05) is 30.1 Å². The number of aromatic nitrogens is 7. The van der Waals surface area contributed by atoms with Crippen molar-refractivity contribution in [1.82, 2.24) is 34.5 Å². The highest BCUT2D eigenvalue weighted by molar-refractivity contribution is 8.44. The van der Waals surface area contributed by atoms with E-state index in [0.29, 0.717) is 5.52 Å². The first kappa shape index (κ1) is 31.1. The Labute approximate surface area is 278 Å². The summed E-state index contributed by atoms with van der Waals surface area (Å²) in [4.78, 5) is 35.6. The number of amides is 1. The van der Waals surface area contributed by atoms with Gasteiger partial charge in [0.1, 0.15) is 53.0 Å². The van der Waals surface area contributed by atoms with Crippen LogP contribution in [0, 0.1) is 0 Å². The summed E-state index contributed by atoms with van der Waals surface area (Å²) >= 11 is 9.65. The van der Waals surface area contributed by atoms with Gasteiger partial charge in [0.2, 0.25) is 0 Å². The van der Waals surface area contributed by atoms with E-state index in [1.54, 1.807) is 12.1 Å². The number of fused-ring (bicyclic) bond motifs is 3. The van der Waals surface area contributed by atoms with Crippen molar-refractivity contribution >= 4 is 71.5 Å². The molecule has 252 valence electrons. The molecule has 9 rings (SSSR count). The summed E-state index contributed by atoms with van der Waals surface area (Å²) in [5, 5.41) is 8.29. The van der Waals surface area contributed by atoms with Crippen molar-refractivity contribution in [2.24, 2.45) is 5.73 Å². The number of nitrogens with zero attached hydrogens (tertiary/aromatic N) is 7. The van der Waals surface area contributed by atoms with Gasteiger partial charge in [0, 0.05) is 12.8 Å². The standard InChI is InChI=1S/C25H24FN9O9P2S2/c1-9-17-23(35-11-4-2-3-10(20(28)36)15(11)32-33-35)40-24(9)5-12(24)41-46(38,48)44-18-14(26)22(34-8-31-16-19(27)29-7-30-21(16)34)39-25(18)6-13(25)42-45(37,47)43-17/h2-4,7-8,12-14,17-18,22-23H,1,5-6H2,(H2,28,36)(H,37,47)(H,38,48)(H2,27,29,30)/t12?,13-,14-,17-,18+,22-,23-,24?,25?,45?,46?/m1/s1. The SMILES string of the molecule is C=C1[C@H]2OP(=O)(S)O[C@@H]3CC34O[C@@H](n3cnc5c(N)ncnc53)[C@H](F)[C@@H]4OP(O)(=S)OC3CC13O[C@H]2n1nnc2c(C(N)=O)cccc21. The van der Waals surface area contributed by atoms with Crippen LogP contribution in [0.15, 0.2) is 43.0 Å². The normalized spacial score (nSPS) is 42.0. The van der Waals surface area contributed by atoms with Crippen molar-refractivity contribution in [2.45, 2.75) is 67.1 Å². The number of hydrogen-bond donors (Lipinski definition) is 4. The highest BCUT2D eigenvalue weighted by atomic mass is 32.7. The molecule has 2 saturated carbocycles. The van der Waals surface area contributed by atoms with Crippen molar-refractivity contribution in [3.63, 3.8) is 0 Å². The molecular formula is C25H24FN9O9P2S2. The van der Waals surface area contributed by atoms with E-state index in [1.165, 1.54) is 28.0 Å². The molecule has 1 aromatic carbocycles. The van der Waals surface area contributed by atoms with Crippen LogP contribution in [0.4, 0.5) is 10.2 Å². The van der Waals surface area contributed by atoms with Gasteiger partial charge in [0.25, 0.3) is 5.91 Å². The van der Waals surface area contributed by atoms with Crippen LogP contribution in [-0.4, -0.2) is 87.1 Å². The van der Waals surface area contributed by atoms with Crippen molar-refractivity contribution in [2.75, 3.05) is 5.73 Å². The molecule has 5 aliphatic rings. The van der Waals surface area contributed by atoms with Gasteiger partial charge < -0.3 is 30.4 Å². The van der Waals surface area contributed by atoms with Gasteiger partial charge >= 0.3 is 13.5 Å². The number of nitrogen functional groups attached to an aromatic ring is 1. The molecule has 5 fully saturated rings. The molecule has 2 bridgehead atoms. The lowest BCUT2D eigenvalue weighted by molar-refractivity contribution is -0.0702. The van der Waals surface area contributed by atoms with Crippen LogP contribution in [0.25, 0.3) is 22.2 Å². The number of nitrogens with two attached hydrogens (primary N) is 2. The molecule has 48 heavy (non-hydrogen) atoms. The van der Waals surface area contributed by atoms with E-state index in [0.717, 1.165) is 0 Å². The first-order chi connectivity index (χ1) is 22.7. The second kappa shape index (κ2) is 10.1. The molecule has 0 radical (unpaired) electrons. The Hall–Kier alpha value is -2.94. The first-order valence-corrected chi connectivity index (χ1v) is 19.7. The van der Waals surface area contributed by atoms with E-state index in [-0.39, 0.29) is 46.5 Å². The average Bonchev–Trinajstić information content (AvgIpc) is 3.57. The fourth-order valence-electron chi connectivity index (χ4n) is 6.84. The second-order valence-corrected chi connectivity index (χ2v) is 17.6. The van der Waals surface area contributed by atoms with E-state index in [9.17, 15) is 14.3 Å².